The molecule has 2 N–H and O–H groups in total. The number of carbonyl (C=O) groups is 2. The molecule has 0 aliphatic carbocycles. The molecule has 5 nitrogen and oxygen atoms in total. The van der Waals surface area contributed by atoms with Gasteiger partial charge in [-0.25, -0.2) is 4.79 Å². The van der Waals surface area contributed by atoms with Crippen LogP contribution in [0.4, 0.5) is 0 Å². The van der Waals surface area contributed by atoms with Crippen LogP contribution >= 0.6 is 23.5 Å². The van der Waals surface area contributed by atoms with Crippen LogP contribution in [-0.2, 0) is 16.1 Å². The lowest BCUT2D eigenvalue weighted by Gasteiger charge is -2.21. The van der Waals surface area contributed by atoms with E-state index in [-0.39, 0.29) is 12.0 Å². The number of carboxylic acid groups (broad SMARTS) is 1. The van der Waals surface area contributed by atoms with E-state index in [9.17, 15) is 14.7 Å². The molecule has 1 amide bonds. The maximum Gasteiger partial charge on any atom is 0.326 e. The van der Waals surface area contributed by atoms with Crippen LogP contribution in [0.1, 0.15) is 71.8 Å². The fourth-order valence-electron chi connectivity index (χ4n) is 4.49. The van der Waals surface area contributed by atoms with E-state index >= 15 is 0 Å². The van der Waals surface area contributed by atoms with E-state index in [0.717, 1.165) is 33.8 Å². The van der Waals surface area contributed by atoms with E-state index in [4.69, 9.17) is 4.74 Å². The van der Waals surface area contributed by atoms with Crippen molar-refractivity contribution in [1.82, 2.24) is 5.32 Å². The molecule has 0 fully saturated rings. The second kappa shape index (κ2) is 15.9. The Hall–Kier alpha value is -2.74. The van der Waals surface area contributed by atoms with Crippen LogP contribution in [0.3, 0.4) is 0 Å². The minimum Gasteiger partial charge on any atom is -0.480 e. The van der Waals surface area contributed by atoms with Crippen LogP contribution in [0.15, 0.2) is 66.7 Å². The van der Waals surface area contributed by atoms with Gasteiger partial charge in [0.1, 0.15) is 6.04 Å². The Balaban J connectivity index is 1.91. The number of amides is 1. The second-order valence-corrected chi connectivity index (χ2v) is 12.4. The third-order valence-corrected chi connectivity index (χ3v) is 8.44. The summed E-state index contributed by atoms with van der Waals surface area (Å²) in [6, 6.07) is 21.3. The summed E-state index contributed by atoms with van der Waals surface area (Å²) in [5.74, 6) is 1.55. The fraction of sp³-hybridized carbons (Fsp3) is 0.394. The third-order valence-electron chi connectivity index (χ3n) is 6.85. The van der Waals surface area contributed by atoms with Crippen molar-refractivity contribution >= 4 is 35.4 Å². The Labute approximate surface area is 247 Å². The highest BCUT2D eigenvalue weighted by atomic mass is 32.2. The van der Waals surface area contributed by atoms with Gasteiger partial charge < -0.3 is 15.2 Å². The monoisotopic (exact) mass is 579 g/mol. The molecule has 0 aromatic heterocycles. The molecule has 3 aromatic carbocycles. The van der Waals surface area contributed by atoms with Gasteiger partial charge >= 0.3 is 5.97 Å². The zero-order valence-corrected chi connectivity index (χ0v) is 25.7. The van der Waals surface area contributed by atoms with Crippen molar-refractivity contribution < 1.29 is 19.4 Å². The zero-order valence-electron chi connectivity index (χ0n) is 24.1. The van der Waals surface area contributed by atoms with Gasteiger partial charge in [0.25, 0.3) is 5.91 Å². The van der Waals surface area contributed by atoms with E-state index in [2.05, 4.69) is 50.4 Å². The van der Waals surface area contributed by atoms with Gasteiger partial charge in [-0.3, -0.25) is 4.79 Å². The quantitative estimate of drug-likeness (QED) is 0.192. The Morgan fingerprint density at radius 3 is 2.40 bits per heavy atom. The van der Waals surface area contributed by atoms with E-state index in [1.165, 1.54) is 11.1 Å². The van der Waals surface area contributed by atoms with E-state index in [1.54, 1.807) is 17.8 Å². The first-order chi connectivity index (χ1) is 19.2. The number of hydrogen-bond acceptors (Lipinski definition) is 5. The number of benzene rings is 3. The van der Waals surface area contributed by atoms with Crippen LogP contribution in [0.5, 0.6) is 0 Å². The van der Waals surface area contributed by atoms with Gasteiger partial charge in [0.2, 0.25) is 0 Å². The van der Waals surface area contributed by atoms with Crippen LogP contribution < -0.4 is 5.32 Å². The van der Waals surface area contributed by atoms with Gasteiger partial charge in [-0.05, 0) is 82.5 Å². The second-order valence-electron chi connectivity index (χ2n) is 10.1. The van der Waals surface area contributed by atoms with Crippen molar-refractivity contribution in [1.29, 1.82) is 0 Å². The minimum absolute atomic E-state index is 0.0544. The first-order valence-corrected chi connectivity index (χ1v) is 16.3. The molecule has 2 atom stereocenters. The number of ether oxygens (including phenoxy) is 1. The van der Waals surface area contributed by atoms with Crippen LogP contribution in [0.25, 0.3) is 11.1 Å². The first kappa shape index (κ1) is 31.8. The SMILES string of the molecule is CCSC[C@@H](OCc1ccc(C(=O)N[C@@H](CCSC)C(=O)O)c(-c2ccccc2C)c1)c1cccc(C(C)C)c1. The molecular weight excluding hydrogens is 539 g/mol. The lowest BCUT2D eigenvalue weighted by atomic mass is 9.93. The number of nitrogens with one attached hydrogen (secondary N) is 1. The lowest BCUT2D eigenvalue weighted by molar-refractivity contribution is -0.139. The summed E-state index contributed by atoms with van der Waals surface area (Å²) >= 11 is 3.41. The molecule has 3 rings (SSSR count). The molecule has 0 unspecified atom stereocenters. The van der Waals surface area contributed by atoms with Gasteiger partial charge in [-0.2, -0.15) is 23.5 Å². The van der Waals surface area contributed by atoms with Crippen molar-refractivity contribution in [2.24, 2.45) is 0 Å². The number of thioether (sulfide) groups is 2. The van der Waals surface area contributed by atoms with Crippen LogP contribution in [0, 0.1) is 6.92 Å². The number of hydrogen-bond donors (Lipinski definition) is 2. The smallest absolute Gasteiger partial charge is 0.326 e. The van der Waals surface area contributed by atoms with Gasteiger partial charge in [0.15, 0.2) is 0 Å². The molecule has 0 saturated carbocycles. The van der Waals surface area contributed by atoms with E-state index < -0.39 is 12.0 Å². The number of aryl methyl sites for hydroxylation is 1. The highest BCUT2D eigenvalue weighted by Gasteiger charge is 2.23. The maximum absolute atomic E-state index is 13.4. The van der Waals surface area contributed by atoms with Crippen molar-refractivity contribution in [3.63, 3.8) is 0 Å². The Bertz CT molecular complexity index is 1280. The minimum atomic E-state index is -1.03. The van der Waals surface area contributed by atoms with Crippen molar-refractivity contribution in [3.8, 4) is 11.1 Å². The van der Waals surface area contributed by atoms with E-state index in [1.807, 2.05) is 61.3 Å². The van der Waals surface area contributed by atoms with Crippen molar-refractivity contribution in [2.45, 2.75) is 58.8 Å². The molecule has 0 bridgehead atoms. The first-order valence-electron chi connectivity index (χ1n) is 13.8. The molecule has 214 valence electrons. The summed E-state index contributed by atoms with van der Waals surface area (Å²) in [6.07, 6.45) is 2.23. The number of carbonyl (C=O) groups excluding carboxylic acids is 1. The molecule has 0 aliphatic rings. The average Bonchev–Trinajstić information content (AvgIpc) is 2.95. The number of aliphatic carboxylic acids is 1. The van der Waals surface area contributed by atoms with Gasteiger partial charge in [-0.15, -0.1) is 0 Å². The Morgan fingerprint density at radius 1 is 0.975 bits per heavy atom. The summed E-state index contributed by atoms with van der Waals surface area (Å²) in [4.78, 5) is 25.2. The molecule has 0 spiro atoms. The topological polar surface area (TPSA) is 75.6 Å². The highest BCUT2D eigenvalue weighted by Crippen LogP contribution is 2.31. The summed E-state index contributed by atoms with van der Waals surface area (Å²) < 4.78 is 6.51. The standard InChI is InChI=1S/C33H41NO4S2/c1-6-40-21-31(26-12-9-11-25(19-26)22(2)3)38-20-24-14-15-28(29(18-24)27-13-8-7-10-23(27)4)32(35)34-30(33(36)37)16-17-39-5/h7-15,18-19,22,30-31H,6,16-17,20-21H2,1-5H3,(H,34,35)(H,36,37)/t30-,31+/m0/s1. The molecular formula is C33H41NO4S2. The van der Waals surface area contributed by atoms with Crippen molar-refractivity contribution in [2.75, 3.05) is 23.5 Å². The van der Waals surface area contributed by atoms with Crippen LogP contribution in [-0.4, -0.2) is 46.5 Å². The number of carboxylic acids is 1. The summed E-state index contributed by atoms with van der Waals surface area (Å²) in [7, 11) is 0. The maximum atomic E-state index is 13.4. The molecule has 40 heavy (non-hydrogen) atoms. The van der Waals surface area contributed by atoms with Gasteiger partial charge in [0, 0.05) is 11.3 Å². The predicted molar refractivity (Wildman–Crippen MR) is 170 cm³/mol. The molecule has 3 aromatic rings. The van der Waals surface area contributed by atoms with Crippen LogP contribution in [0.2, 0.25) is 0 Å². The molecule has 0 heterocycles. The Kier molecular flexibility index (Phi) is 12.6. The van der Waals surface area contributed by atoms with Crippen molar-refractivity contribution in [3.05, 3.63) is 94.5 Å². The average molecular weight is 580 g/mol. The summed E-state index contributed by atoms with van der Waals surface area (Å²) in [6.45, 7) is 8.95. The third kappa shape index (κ3) is 8.88. The normalized spacial score (nSPS) is 12.8. The molecule has 0 saturated heterocycles. The predicted octanol–water partition coefficient (Wildman–Crippen LogP) is 7.73. The van der Waals surface area contributed by atoms with Gasteiger partial charge in [0.05, 0.1) is 12.7 Å². The molecule has 0 aliphatic heterocycles. The molecule has 0 radical (unpaired) electrons. The van der Waals surface area contributed by atoms with E-state index in [0.29, 0.717) is 30.3 Å². The Morgan fingerprint density at radius 2 is 1.73 bits per heavy atom. The fourth-order valence-corrected chi connectivity index (χ4v) is 5.70. The highest BCUT2D eigenvalue weighted by molar-refractivity contribution is 7.99. The molecule has 7 heteroatoms. The summed E-state index contributed by atoms with van der Waals surface area (Å²) in [5, 5.41) is 12.4. The van der Waals surface area contributed by atoms with Gasteiger partial charge in [-0.1, -0.05) is 75.4 Å². The lowest BCUT2D eigenvalue weighted by Crippen LogP contribution is -2.41. The largest absolute Gasteiger partial charge is 0.480 e. The number of rotatable bonds is 15. The summed E-state index contributed by atoms with van der Waals surface area (Å²) in [5.41, 5.74) is 6.62. The zero-order chi connectivity index (χ0) is 29.1.